The molecule has 0 aromatic heterocycles. The average Bonchev–Trinajstić information content (AvgIpc) is 3.26. The minimum absolute atomic E-state index is 0.0240. The van der Waals surface area contributed by atoms with E-state index in [0.29, 0.717) is 25.3 Å². The minimum Gasteiger partial charge on any atom is -0.410 e. The minimum atomic E-state index is -0.530. The van der Waals surface area contributed by atoms with Gasteiger partial charge >= 0.3 is 6.09 Å². The van der Waals surface area contributed by atoms with Crippen LogP contribution < -0.4 is 15.4 Å². The highest BCUT2D eigenvalue weighted by Crippen LogP contribution is 2.28. The Morgan fingerprint density at radius 3 is 1.95 bits per heavy atom. The summed E-state index contributed by atoms with van der Waals surface area (Å²) in [5, 5.41) is 6.16. The monoisotopic (exact) mass is 507 g/mol. The lowest BCUT2D eigenvalue weighted by molar-refractivity contribution is -0.130. The number of para-hydroxylation sites is 1. The molecule has 0 bridgehead atoms. The van der Waals surface area contributed by atoms with Crippen LogP contribution in [0, 0.1) is 6.92 Å². The highest BCUT2D eigenvalue weighted by Gasteiger charge is 2.39. The summed E-state index contributed by atoms with van der Waals surface area (Å²) in [6, 6.07) is 38.6. The van der Waals surface area contributed by atoms with Gasteiger partial charge in [-0.3, -0.25) is 10.1 Å². The molecule has 4 aromatic carbocycles. The lowest BCUT2D eigenvalue weighted by Gasteiger charge is -2.24. The van der Waals surface area contributed by atoms with Crippen LogP contribution in [-0.2, 0) is 11.3 Å². The molecule has 0 aliphatic carbocycles. The van der Waals surface area contributed by atoms with Crippen molar-refractivity contribution in [3.8, 4) is 5.75 Å². The molecule has 1 fully saturated rings. The molecule has 2 N–H and O–H groups in total. The van der Waals surface area contributed by atoms with Gasteiger partial charge in [-0.1, -0.05) is 115 Å². The number of aryl methyl sites for hydroxylation is 1. The third-order valence-corrected chi connectivity index (χ3v) is 6.16. The number of hydrogen-bond acceptors (Lipinski definition) is 4. The van der Waals surface area contributed by atoms with Gasteiger partial charge < -0.3 is 15.0 Å². The predicted octanol–water partition coefficient (Wildman–Crippen LogP) is 5.86. The van der Waals surface area contributed by atoms with Crippen LogP contribution in [0.25, 0.3) is 0 Å². The topological polar surface area (TPSA) is 70.7 Å². The van der Waals surface area contributed by atoms with Crippen molar-refractivity contribution in [3.05, 3.63) is 138 Å². The quantitative estimate of drug-likeness (QED) is 0.329. The SMILES string of the molecule is Cc1ccccc1.O=C(NCC[C@@H]1NC(c2ccccc2)N(Cc2ccccc2)C1=O)Oc1ccccc1. The molecule has 1 aliphatic rings. The van der Waals surface area contributed by atoms with Gasteiger partial charge in [0, 0.05) is 13.1 Å². The number of rotatable bonds is 7. The van der Waals surface area contributed by atoms with Gasteiger partial charge in [-0.15, -0.1) is 0 Å². The molecular weight excluding hydrogens is 474 g/mol. The summed E-state index contributed by atoms with van der Waals surface area (Å²) < 4.78 is 5.23. The lowest BCUT2D eigenvalue weighted by Crippen LogP contribution is -2.35. The second kappa shape index (κ2) is 13.8. The van der Waals surface area contributed by atoms with Crippen LogP contribution in [0.4, 0.5) is 4.79 Å². The average molecular weight is 508 g/mol. The summed E-state index contributed by atoms with van der Waals surface area (Å²) in [4.78, 5) is 27.0. The fourth-order valence-electron chi connectivity index (χ4n) is 4.23. The number of hydrogen-bond donors (Lipinski definition) is 2. The van der Waals surface area contributed by atoms with Crippen LogP contribution in [0.15, 0.2) is 121 Å². The summed E-state index contributed by atoms with van der Waals surface area (Å²) >= 11 is 0. The van der Waals surface area contributed by atoms with Gasteiger partial charge in [-0.2, -0.15) is 0 Å². The summed E-state index contributed by atoms with van der Waals surface area (Å²) in [6.07, 6.45) is -0.273. The van der Waals surface area contributed by atoms with E-state index in [2.05, 4.69) is 29.7 Å². The Morgan fingerprint density at radius 1 is 0.816 bits per heavy atom. The number of carbonyl (C=O) groups excluding carboxylic acids is 2. The molecule has 6 heteroatoms. The smallest absolute Gasteiger partial charge is 0.410 e. The largest absolute Gasteiger partial charge is 0.412 e. The van der Waals surface area contributed by atoms with Crippen LogP contribution >= 0.6 is 0 Å². The maximum Gasteiger partial charge on any atom is 0.412 e. The standard InChI is InChI=1S/C25H25N3O3.C7H8/c29-24-22(16-17-26-25(30)31-21-14-8-3-9-15-21)27-23(20-12-6-2-7-13-20)28(24)18-19-10-4-1-5-11-19;1-7-5-3-2-4-6-7/h1-15,22-23,27H,16-18H2,(H,26,30);2-6H,1H3/t22-,23?;/m0./s1. The van der Waals surface area contributed by atoms with E-state index in [1.807, 2.05) is 89.8 Å². The molecule has 4 aromatic rings. The van der Waals surface area contributed by atoms with E-state index in [4.69, 9.17) is 4.74 Å². The molecule has 1 heterocycles. The van der Waals surface area contributed by atoms with Crippen molar-refractivity contribution in [1.29, 1.82) is 0 Å². The fraction of sp³-hybridized carbons (Fsp3) is 0.188. The van der Waals surface area contributed by atoms with Crippen molar-refractivity contribution < 1.29 is 14.3 Å². The van der Waals surface area contributed by atoms with E-state index in [1.54, 1.807) is 24.3 Å². The van der Waals surface area contributed by atoms with Crippen LogP contribution in [0.3, 0.4) is 0 Å². The Morgan fingerprint density at radius 2 is 1.37 bits per heavy atom. The number of nitrogens with one attached hydrogen (secondary N) is 2. The molecule has 0 radical (unpaired) electrons. The van der Waals surface area contributed by atoms with E-state index in [9.17, 15) is 9.59 Å². The van der Waals surface area contributed by atoms with E-state index in [1.165, 1.54) is 5.56 Å². The van der Waals surface area contributed by atoms with Crippen molar-refractivity contribution in [3.63, 3.8) is 0 Å². The zero-order chi connectivity index (χ0) is 26.6. The van der Waals surface area contributed by atoms with Gasteiger partial charge in [-0.05, 0) is 36.6 Å². The third-order valence-electron chi connectivity index (χ3n) is 6.16. The number of carbonyl (C=O) groups is 2. The van der Waals surface area contributed by atoms with Gasteiger partial charge in [0.05, 0.1) is 6.04 Å². The van der Waals surface area contributed by atoms with E-state index in [-0.39, 0.29) is 18.1 Å². The molecule has 1 aliphatic heterocycles. The van der Waals surface area contributed by atoms with E-state index in [0.717, 1.165) is 11.1 Å². The summed E-state index contributed by atoms with van der Waals surface area (Å²) in [6.45, 7) is 2.93. The van der Waals surface area contributed by atoms with Crippen LogP contribution in [-0.4, -0.2) is 29.5 Å². The van der Waals surface area contributed by atoms with Crippen molar-refractivity contribution in [1.82, 2.24) is 15.5 Å². The fourth-order valence-corrected chi connectivity index (χ4v) is 4.23. The van der Waals surface area contributed by atoms with Crippen molar-refractivity contribution in [2.24, 2.45) is 0 Å². The molecule has 1 unspecified atom stereocenters. The summed E-state index contributed by atoms with van der Waals surface area (Å²) in [5.74, 6) is 0.504. The first kappa shape index (κ1) is 26.6. The molecule has 2 atom stereocenters. The highest BCUT2D eigenvalue weighted by atomic mass is 16.6. The Hall–Kier alpha value is -4.42. The van der Waals surface area contributed by atoms with Crippen LogP contribution in [0.5, 0.6) is 5.75 Å². The first-order valence-corrected chi connectivity index (χ1v) is 12.8. The van der Waals surface area contributed by atoms with Gasteiger partial charge in [0.25, 0.3) is 0 Å². The third kappa shape index (κ3) is 7.79. The zero-order valence-corrected chi connectivity index (χ0v) is 21.5. The molecule has 38 heavy (non-hydrogen) atoms. The molecule has 0 saturated carbocycles. The highest BCUT2D eigenvalue weighted by molar-refractivity contribution is 5.84. The van der Waals surface area contributed by atoms with Crippen molar-refractivity contribution >= 4 is 12.0 Å². The zero-order valence-electron chi connectivity index (χ0n) is 21.5. The number of benzene rings is 4. The maximum absolute atomic E-state index is 13.2. The first-order valence-electron chi connectivity index (χ1n) is 12.8. The van der Waals surface area contributed by atoms with Gasteiger partial charge in [0.2, 0.25) is 5.91 Å². The Labute approximate surface area is 224 Å². The van der Waals surface area contributed by atoms with Crippen LogP contribution in [0.2, 0.25) is 0 Å². The Kier molecular flexibility index (Phi) is 9.65. The second-order valence-corrected chi connectivity index (χ2v) is 9.06. The number of nitrogens with zero attached hydrogens (tertiary/aromatic N) is 1. The Bertz CT molecular complexity index is 1270. The predicted molar refractivity (Wildman–Crippen MR) is 149 cm³/mol. The molecule has 0 spiro atoms. The molecule has 1 saturated heterocycles. The number of ether oxygens (including phenoxy) is 1. The first-order chi connectivity index (χ1) is 18.6. The maximum atomic E-state index is 13.2. The lowest BCUT2D eigenvalue weighted by atomic mass is 10.1. The van der Waals surface area contributed by atoms with E-state index >= 15 is 0 Å². The molecule has 6 nitrogen and oxygen atoms in total. The van der Waals surface area contributed by atoms with Crippen molar-refractivity contribution in [2.75, 3.05) is 6.54 Å². The van der Waals surface area contributed by atoms with Crippen LogP contribution in [0.1, 0.15) is 29.3 Å². The normalized spacial score (nSPS) is 16.3. The molecule has 194 valence electrons. The second-order valence-electron chi connectivity index (χ2n) is 9.06. The number of amides is 2. The molecule has 2 amide bonds. The van der Waals surface area contributed by atoms with Crippen molar-refractivity contribution in [2.45, 2.75) is 32.1 Å². The molecule has 5 rings (SSSR count). The van der Waals surface area contributed by atoms with Gasteiger partial charge in [-0.25, -0.2) is 4.79 Å². The van der Waals surface area contributed by atoms with E-state index < -0.39 is 6.09 Å². The van der Waals surface area contributed by atoms with Gasteiger partial charge in [0.1, 0.15) is 11.9 Å². The van der Waals surface area contributed by atoms with Gasteiger partial charge in [0.15, 0.2) is 0 Å². The summed E-state index contributed by atoms with van der Waals surface area (Å²) in [7, 11) is 0. The summed E-state index contributed by atoms with van der Waals surface area (Å²) in [5.41, 5.74) is 3.43. The molecular formula is C32H33N3O3. The Balaban J connectivity index is 0.000000417.